The van der Waals surface area contributed by atoms with Gasteiger partial charge < -0.3 is 21.3 Å². The molecule has 1 atom stereocenters. The van der Waals surface area contributed by atoms with Crippen molar-refractivity contribution in [3.63, 3.8) is 0 Å². The second kappa shape index (κ2) is 9.33. The van der Waals surface area contributed by atoms with Crippen molar-refractivity contribution in [1.29, 1.82) is 0 Å². The van der Waals surface area contributed by atoms with Gasteiger partial charge in [-0.3, -0.25) is 4.79 Å². The van der Waals surface area contributed by atoms with Crippen molar-refractivity contribution < 1.29 is 9.59 Å². The number of amides is 3. The summed E-state index contributed by atoms with van der Waals surface area (Å²) in [5.74, 6) is 0.0927. The van der Waals surface area contributed by atoms with Crippen LogP contribution in [0, 0.1) is 5.41 Å². The molecular weight excluding hydrogens is 316 g/mol. The first-order valence-corrected chi connectivity index (χ1v) is 8.61. The molecule has 6 nitrogen and oxygen atoms in total. The Hall–Kier alpha value is -1.01. The van der Waals surface area contributed by atoms with Gasteiger partial charge in [0.15, 0.2) is 0 Å². The lowest BCUT2D eigenvalue weighted by atomic mass is 9.71. The van der Waals surface area contributed by atoms with Crippen LogP contribution in [0.5, 0.6) is 0 Å². The molecule has 1 aliphatic carbocycles. The number of nitrogens with one attached hydrogen (secondary N) is 2. The molecular formula is C16H31ClN4O2. The summed E-state index contributed by atoms with van der Waals surface area (Å²) in [6, 6.07) is 0.0403. The fourth-order valence-corrected chi connectivity index (χ4v) is 3.70. The monoisotopic (exact) mass is 346 g/mol. The van der Waals surface area contributed by atoms with Crippen LogP contribution in [0.3, 0.4) is 0 Å². The van der Waals surface area contributed by atoms with E-state index in [1.54, 1.807) is 4.90 Å². The molecule has 0 spiro atoms. The maximum absolute atomic E-state index is 12.3. The average molecular weight is 347 g/mol. The summed E-state index contributed by atoms with van der Waals surface area (Å²) in [7, 11) is 0. The van der Waals surface area contributed by atoms with Crippen molar-refractivity contribution in [2.75, 3.05) is 26.2 Å². The molecule has 2 aliphatic rings. The Balaban J connectivity index is 0.00000264. The van der Waals surface area contributed by atoms with Crippen LogP contribution < -0.4 is 16.4 Å². The number of likely N-dealkylation sites (tertiary alicyclic amines) is 1. The predicted molar refractivity (Wildman–Crippen MR) is 93.6 cm³/mol. The second-order valence-corrected chi connectivity index (χ2v) is 6.78. The lowest BCUT2D eigenvalue weighted by molar-refractivity contribution is -0.124. The molecule has 2 rings (SSSR count). The number of rotatable bonds is 5. The minimum atomic E-state index is -0.0371. The van der Waals surface area contributed by atoms with Gasteiger partial charge in [0.2, 0.25) is 5.91 Å². The maximum atomic E-state index is 12.3. The topological polar surface area (TPSA) is 87.5 Å². The van der Waals surface area contributed by atoms with Crippen molar-refractivity contribution >= 4 is 24.3 Å². The van der Waals surface area contributed by atoms with Gasteiger partial charge in [0.05, 0.1) is 0 Å². The summed E-state index contributed by atoms with van der Waals surface area (Å²) in [4.78, 5) is 25.9. The predicted octanol–water partition coefficient (Wildman–Crippen LogP) is 1.63. The van der Waals surface area contributed by atoms with Crippen molar-refractivity contribution in [3.05, 3.63) is 0 Å². The summed E-state index contributed by atoms with van der Waals surface area (Å²) in [6.45, 7) is 4.44. The quantitative estimate of drug-likeness (QED) is 0.707. The van der Waals surface area contributed by atoms with Gasteiger partial charge in [-0.05, 0) is 38.1 Å². The number of nitrogens with zero attached hydrogens (tertiary/aromatic N) is 1. The van der Waals surface area contributed by atoms with E-state index in [0.717, 1.165) is 19.3 Å². The van der Waals surface area contributed by atoms with Crippen LogP contribution in [-0.4, -0.2) is 49.1 Å². The lowest BCUT2D eigenvalue weighted by Gasteiger charge is -2.36. The molecule has 7 heteroatoms. The highest BCUT2D eigenvalue weighted by Crippen LogP contribution is 2.38. The average Bonchev–Trinajstić information content (AvgIpc) is 2.97. The van der Waals surface area contributed by atoms with E-state index in [1.165, 1.54) is 19.3 Å². The van der Waals surface area contributed by atoms with E-state index < -0.39 is 0 Å². The third-order valence-corrected chi connectivity index (χ3v) is 5.05. The number of hydrogen-bond acceptors (Lipinski definition) is 3. The normalized spacial score (nSPS) is 23.0. The van der Waals surface area contributed by atoms with E-state index >= 15 is 0 Å². The Morgan fingerprint density at radius 3 is 2.57 bits per heavy atom. The number of carbonyl (C=O) groups is 2. The Morgan fingerprint density at radius 2 is 1.96 bits per heavy atom. The smallest absolute Gasteiger partial charge is 0.317 e. The van der Waals surface area contributed by atoms with Crippen molar-refractivity contribution in [2.24, 2.45) is 11.1 Å². The molecule has 0 bridgehead atoms. The number of hydrogen-bond donors (Lipinski definition) is 3. The Labute approximate surface area is 145 Å². The van der Waals surface area contributed by atoms with E-state index in [4.69, 9.17) is 5.73 Å². The number of nitrogens with two attached hydrogens (primary N) is 1. The zero-order valence-corrected chi connectivity index (χ0v) is 14.9. The second-order valence-electron chi connectivity index (χ2n) is 6.78. The highest BCUT2D eigenvalue weighted by atomic mass is 35.5. The molecule has 1 saturated heterocycles. The zero-order valence-electron chi connectivity index (χ0n) is 14.1. The minimum Gasteiger partial charge on any atom is -0.352 e. The van der Waals surface area contributed by atoms with E-state index in [-0.39, 0.29) is 35.8 Å². The summed E-state index contributed by atoms with van der Waals surface area (Å²) >= 11 is 0. The molecule has 134 valence electrons. The van der Waals surface area contributed by atoms with Crippen LogP contribution in [0.4, 0.5) is 4.79 Å². The van der Waals surface area contributed by atoms with Crippen LogP contribution >= 0.6 is 12.4 Å². The standard InChI is InChI=1S/C16H30N4O2.ClH/c1-2-18-15(22)20-9-6-13(11-20)19-14(21)10-16(12-17)7-4-3-5-8-16;/h13H,2-12,17H2,1H3,(H,18,22)(H,19,21);1H. The highest BCUT2D eigenvalue weighted by molar-refractivity contribution is 5.85. The van der Waals surface area contributed by atoms with Crippen molar-refractivity contribution in [1.82, 2.24) is 15.5 Å². The Morgan fingerprint density at radius 1 is 1.26 bits per heavy atom. The molecule has 23 heavy (non-hydrogen) atoms. The van der Waals surface area contributed by atoms with Crippen LogP contribution in [-0.2, 0) is 4.79 Å². The van der Waals surface area contributed by atoms with Crippen molar-refractivity contribution in [3.8, 4) is 0 Å². The molecule has 2 fully saturated rings. The largest absolute Gasteiger partial charge is 0.352 e. The zero-order chi connectivity index (χ0) is 16.0. The number of halogens is 1. The van der Waals surface area contributed by atoms with E-state index in [9.17, 15) is 9.59 Å². The summed E-state index contributed by atoms with van der Waals surface area (Å²) in [5.41, 5.74) is 5.95. The number of carbonyl (C=O) groups excluding carboxylic acids is 2. The summed E-state index contributed by atoms with van der Waals surface area (Å²) in [5, 5.41) is 5.90. The van der Waals surface area contributed by atoms with E-state index in [0.29, 0.717) is 32.6 Å². The van der Waals surface area contributed by atoms with Gasteiger partial charge in [-0.25, -0.2) is 4.79 Å². The van der Waals surface area contributed by atoms with Gasteiger partial charge in [-0.2, -0.15) is 0 Å². The SMILES string of the molecule is CCNC(=O)N1CCC(NC(=O)CC2(CN)CCCCC2)C1.Cl. The summed E-state index contributed by atoms with van der Waals surface area (Å²) in [6.07, 6.45) is 7.10. The molecule has 1 heterocycles. The number of urea groups is 1. The third-order valence-electron chi connectivity index (χ3n) is 5.05. The molecule has 0 aromatic rings. The lowest BCUT2D eigenvalue weighted by Crippen LogP contribution is -2.44. The first kappa shape index (κ1) is 20.0. The third kappa shape index (κ3) is 5.53. The van der Waals surface area contributed by atoms with E-state index in [1.807, 2.05) is 6.92 Å². The molecule has 1 unspecified atom stereocenters. The molecule has 1 saturated carbocycles. The summed E-state index contributed by atoms with van der Waals surface area (Å²) < 4.78 is 0. The van der Waals surface area contributed by atoms with Gasteiger partial charge in [-0.15, -0.1) is 12.4 Å². The molecule has 3 amide bonds. The van der Waals surface area contributed by atoms with Gasteiger partial charge in [0.25, 0.3) is 0 Å². The first-order chi connectivity index (χ1) is 10.6. The molecule has 4 N–H and O–H groups in total. The minimum absolute atomic E-state index is 0. The van der Waals surface area contributed by atoms with Crippen LogP contribution in [0.1, 0.15) is 51.9 Å². The van der Waals surface area contributed by atoms with Crippen molar-refractivity contribution in [2.45, 2.75) is 57.9 Å². The van der Waals surface area contributed by atoms with E-state index in [2.05, 4.69) is 10.6 Å². The van der Waals surface area contributed by atoms with Gasteiger partial charge >= 0.3 is 6.03 Å². The molecule has 1 aliphatic heterocycles. The van der Waals surface area contributed by atoms with Crippen LogP contribution in [0.25, 0.3) is 0 Å². The first-order valence-electron chi connectivity index (χ1n) is 8.61. The Bertz CT molecular complexity index is 400. The fourth-order valence-electron chi connectivity index (χ4n) is 3.70. The highest BCUT2D eigenvalue weighted by Gasteiger charge is 2.34. The molecule has 0 aromatic carbocycles. The maximum Gasteiger partial charge on any atom is 0.317 e. The Kier molecular flexibility index (Phi) is 8.12. The van der Waals surface area contributed by atoms with Gasteiger partial charge in [-0.1, -0.05) is 19.3 Å². The van der Waals surface area contributed by atoms with Crippen LogP contribution in [0.2, 0.25) is 0 Å². The van der Waals surface area contributed by atoms with Crippen LogP contribution in [0.15, 0.2) is 0 Å². The molecule has 0 aromatic heterocycles. The van der Waals surface area contributed by atoms with Gasteiger partial charge in [0, 0.05) is 32.1 Å². The molecule has 0 radical (unpaired) electrons. The fraction of sp³-hybridized carbons (Fsp3) is 0.875. The van der Waals surface area contributed by atoms with Gasteiger partial charge in [0.1, 0.15) is 0 Å².